The minimum atomic E-state index is -0.108. The first-order valence-electron chi connectivity index (χ1n) is 8.10. The zero-order valence-corrected chi connectivity index (χ0v) is 14.8. The maximum atomic E-state index is 12.4. The van der Waals surface area contributed by atoms with Gasteiger partial charge in [-0.1, -0.05) is 60.7 Å². The van der Waals surface area contributed by atoms with Gasteiger partial charge < -0.3 is 5.32 Å². The van der Waals surface area contributed by atoms with Crippen LogP contribution in [0.15, 0.2) is 66.7 Å². The van der Waals surface area contributed by atoms with Gasteiger partial charge in [0.25, 0.3) is 0 Å². The summed E-state index contributed by atoms with van der Waals surface area (Å²) in [5.74, 6) is 0.874. The minimum absolute atomic E-state index is 0.0505. The first kappa shape index (κ1) is 16.6. The molecule has 0 bridgehead atoms. The van der Waals surface area contributed by atoms with E-state index in [0.29, 0.717) is 0 Å². The molecule has 122 valence electrons. The first-order valence-corrected chi connectivity index (χ1v) is 9.15. The fraction of sp³-hybridized carbons (Fsp3) is 0.190. The van der Waals surface area contributed by atoms with Crippen molar-refractivity contribution < 1.29 is 4.79 Å². The molecule has 0 heterocycles. The summed E-state index contributed by atoms with van der Waals surface area (Å²) in [7, 11) is 0. The van der Waals surface area contributed by atoms with Crippen LogP contribution in [0.25, 0.3) is 10.8 Å². The zero-order chi connectivity index (χ0) is 16.9. The quantitative estimate of drug-likeness (QED) is 0.675. The van der Waals surface area contributed by atoms with E-state index in [2.05, 4.69) is 47.8 Å². The smallest absolute Gasteiger partial charge is 0.237 e. The van der Waals surface area contributed by atoms with Crippen molar-refractivity contribution >= 4 is 34.1 Å². The molecule has 3 aromatic carbocycles. The number of para-hydroxylation sites is 1. The van der Waals surface area contributed by atoms with E-state index in [-0.39, 0.29) is 11.2 Å². The van der Waals surface area contributed by atoms with Crippen molar-refractivity contribution in [2.75, 3.05) is 5.32 Å². The molecule has 0 aliphatic rings. The molecule has 0 aliphatic carbocycles. The summed E-state index contributed by atoms with van der Waals surface area (Å²) in [6, 6.07) is 22.6. The molecule has 3 heteroatoms. The molecule has 0 saturated carbocycles. The number of thioether (sulfide) groups is 1. The number of aryl methyl sites for hydroxylation is 1. The summed E-state index contributed by atoms with van der Waals surface area (Å²) in [5.41, 5.74) is 3.24. The number of benzene rings is 3. The van der Waals surface area contributed by atoms with Crippen LogP contribution in [0.3, 0.4) is 0 Å². The van der Waals surface area contributed by atoms with E-state index < -0.39 is 0 Å². The van der Waals surface area contributed by atoms with Crippen molar-refractivity contribution in [3.05, 3.63) is 77.9 Å². The maximum absolute atomic E-state index is 12.4. The van der Waals surface area contributed by atoms with Crippen LogP contribution in [0.5, 0.6) is 0 Å². The molecule has 1 unspecified atom stereocenters. The van der Waals surface area contributed by atoms with E-state index in [0.717, 1.165) is 17.0 Å². The third kappa shape index (κ3) is 3.80. The fourth-order valence-electron chi connectivity index (χ4n) is 2.66. The third-order valence-electron chi connectivity index (χ3n) is 4.14. The van der Waals surface area contributed by atoms with Crippen LogP contribution in [0, 0.1) is 6.92 Å². The summed E-state index contributed by atoms with van der Waals surface area (Å²) in [6.45, 7) is 3.97. The number of hydrogen-bond donors (Lipinski definition) is 1. The highest BCUT2D eigenvalue weighted by molar-refractivity contribution is 7.99. The molecule has 3 rings (SSSR count). The van der Waals surface area contributed by atoms with E-state index in [1.54, 1.807) is 11.8 Å². The highest BCUT2D eigenvalue weighted by Crippen LogP contribution is 2.25. The second-order valence-corrected chi connectivity index (χ2v) is 7.22. The number of rotatable bonds is 5. The molecular formula is C21H21NOS. The Morgan fingerprint density at radius 3 is 2.54 bits per heavy atom. The van der Waals surface area contributed by atoms with Gasteiger partial charge in [0.2, 0.25) is 5.91 Å². The van der Waals surface area contributed by atoms with Gasteiger partial charge >= 0.3 is 0 Å². The molecule has 24 heavy (non-hydrogen) atoms. The molecule has 1 amide bonds. The van der Waals surface area contributed by atoms with Crippen LogP contribution in [0.1, 0.15) is 18.1 Å². The number of carbonyl (C=O) groups excluding carboxylic acids is 1. The maximum Gasteiger partial charge on any atom is 0.237 e. The van der Waals surface area contributed by atoms with Crippen molar-refractivity contribution in [1.82, 2.24) is 0 Å². The minimum Gasteiger partial charge on any atom is -0.325 e. The molecule has 0 radical (unpaired) electrons. The Hall–Kier alpha value is -2.26. The molecule has 0 fully saturated rings. The topological polar surface area (TPSA) is 29.1 Å². The molecular weight excluding hydrogens is 314 g/mol. The Labute approximate surface area is 147 Å². The second kappa shape index (κ2) is 7.54. The number of carbonyl (C=O) groups is 1. The van der Waals surface area contributed by atoms with Crippen LogP contribution in [0.4, 0.5) is 5.69 Å². The first-order chi connectivity index (χ1) is 11.6. The summed E-state index contributed by atoms with van der Waals surface area (Å²) >= 11 is 1.67. The fourth-order valence-corrected chi connectivity index (χ4v) is 3.55. The Morgan fingerprint density at radius 2 is 1.71 bits per heavy atom. The van der Waals surface area contributed by atoms with Crippen LogP contribution >= 0.6 is 11.8 Å². The highest BCUT2D eigenvalue weighted by atomic mass is 32.2. The third-order valence-corrected chi connectivity index (χ3v) is 5.33. The van der Waals surface area contributed by atoms with Crippen molar-refractivity contribution in [2.45, 2.75) is 24.9 Å². The lowest BCUT2D eigenvalue weighted by molar-refractivity contribution is -0.115. The van der Waals surface area contributed by atoms with Crippen LogP contribution in [-0.2, 0) is 10.5 Å². The summed E-state index contributed by atoms with van der Waals surface area (Å²) < 4.78 is 0. The zero-order valence-electron chi connectivity index (χ0n) is 14.0. The van der Waals surface area contributed by atoms with E-state index >= 15 is 0 Å². The number of nitrogens with one attached hydrogen (secondary N) is 1. The molecule has 0 aromatic heterocycles. The number of anilines is 1. The van der Waals surface area contributed by atoms with Gasteiger partial charge in [-0.2, -0.15) is 0 Å². The summed E-state index contributed by atoms with van der Waals surface area (Å²) in [6.07, 6.45) is 0. The molecule has 2 nitrogen and oxygen atoms in total. The van der Waals surface area contributed by atoms with Gasteiger partial charge in [-0.15, -0.1) is 11.8 Å². The predicted octanol–water partition coefficient (Wildman–Crippen LogP) is 5.41. The molecule has 0 spiro atoms. The lowest BCUT2D eigenvalue weighted by atomic mass is 10.1. The number of hydrogen-bond acceptors (Lipinski definition) is 2. The van der Waals surface area contributed by atoms with E-state index in [4.69, 9.17) is 0 Å². The van der Waals surface area contributed by atoms with Gasteiger partial charge in [0, 0.05) is 11.4 Å². The SMILES string of the molecule is Cc1ccccc1NC(=O)C(C)SCc1cccc2ccccc12. The van der Waals surface area contributed by atoms with Crippen LogP contribution in [0.2, 0.25) is 0 Å². The lowest BCUT2D eigenvalue weighted by Crippen LogP contribution is -2.23. The van der Waals surface area contributed by atoms with Crippen molar-refractivity contribution in [2.24, 2.45) is 0 Å². The summed E-state index contributed by atoms with van der Waals surface area (Å²) in [5, 5.41) is 5.42. The Morgan fingerprint density at radius 1 is 1.00 bits per heavy atom. The average Bonchev–Trinajstić information content (AvgIpc) is 2.61. The molecule has 1 atom stereocenters. The standard InChI is InChI=1S/C21H21NOS/c1-15-8-3-6-13-20(15)22-21(23)16(2)24-14-18-11-7-10-17-9-4-5-12-19(17)18/h3-13,16H,14H2,1-2H3,(H,22,23). The second-order valence-electron chi connectivity index (χ2n) is 5.90. The van der Waals surface area contributed by atoms with E-state index in [1.807, 2.05) is 38.1 Å². The monoisotopic (exact) mass is 335 g/mol. The van der Waals surface area contributed by atoms with Crippen LogP contribution in [-0.4, -0.2) is 11.2 Å². The lowest BCUT2D eigenvalue weighted by Gasteiger charge is -2.14. The Bertz CT molecular complexity index is 854. The van der Waals surface area contributed by atoms with Gasteiger partial charge in [-0.25, -0.2) is 0 Å². The van der Waals surface area contributed by atoms with Gasteiger partial charge in [-0.3, -0.25) is 4.79 Å². The molecule has 1 N–H and O–H groups in total. The van der Waals surface area contributed by atoms with E-state index in [9.17, 15) is 4.79 Å². The van der Waals surface area contributed by atoms with Gasteiger partial charge in [0.05, 0.1) is 5.25 Å². The van der Waals surface area contributed by atoms with Crippen molar-refractivity contribution in [3.63, 3.8) is 0 Å². The van der Waals surface area contributed by atoms with E-state index in [1.165, 1.54) is 16.3 Å². The number of amides is 1. The van der Waals surface area contributed by atoms with Gasteiger partial charge in [-0.05, 0) is 41.8 Å². The predicted molar refractivity (Wildman–Crippen MR) is 105 cm³/mol. The molecule has 0 saturated heterocycles. The Kier molecular flexibility index (Phi) is 5.21. The summed E-state index contributed by atoms with van der Waals surface area (Å²) in [4.78, 5) is 12.4. The molecule has 0 aliphatic heterocycles. The normalized spacial score (nSPS) is 12.1. The average molecular weight is 335 g/mol. The Balaban J connectivity index is 1.65. The van der Waals surface area contributed by atoms with Crippen molar-refractivity contribution in [1.29, 1.82) is 0 Å². The van der Waals surface area contributed by atoms with Crippen molar-refractivity contribution in [3.8, 4) is 0 Å². The van der Waals surface area contributed by atoms with Gasteiger partial charge in [0.15, 0.2) is 0 Å². The molecule has 3 aromatic rings. The highest BCUT2D eigenvalue weighted by Gasteiger charge is 2.15. The largest absolute Gasteiger partial charge is 0.325 e. The van der Waals surface area contributed by atoms with Crippen LogP contribution < -0.4 is 5.32 Å². The number of fused-ring (bicyclic) bond motifs is 1. The van der Waals surface area contributed by atoms with Gasteiger partial charge in [0.1, 0.15) is 0 Å².